The van der Waals surface area contributed by atoms with Gasteiger partial charge in [0.2, 0.25) is 5.89 Å². The minimum absolute atomic E-state index is 0.107. The normalized spacial score (nSPS) is 14.9. The summed E-state index contributed by atoms with van der Waals surface area (Å²) >= 11 is 3.04. The predicted octanol–water partition coefficient (Wildman–Crippen LogP) is 3.63. The lowest BCUT2D eigenvalue weighted by molar-refractivity contribution is 0.470. The van der Waals surface area contributed by atoms with Crippen LogP contribution >= 0.6 is 15.9 Å². The number of aromatic nitrogens is 1. The molecule has 1 aromatic carbocycles. The van der Waals surface area contributed by atoms with Crippen LogP contribution in [0, 0.1) is 11.6 Å². The SMILES string of the molecule is Fc1cc(Br)cc(F)c1-c1cnc(CNC2CC2)o1. The van der Waals surface area contributed by atoms with Crippen molar-refractivity contribution in [1.29, 1.82) is 0 Å². The van der Waals surface area contributed by atoms with Crippen LogP contribution in [0.1, 0.15) is 18.7 Å². The van der Waals surface area contributed by atoms with E-state index in [-0.39, 0.29) is 11.3 Å². The second-order valence-corrected chi connectivity index (χ2v) is 5.43. The molecule has 0 saturated heterocycles. The van der Waals surface area contributed by atoms with Gasteiger partial charge in [-0.1, -0.05) is 15.9 Å². The van der Waals surface area contributed by atoms with Crippen LogP contribution in [0.2, 0.25) is 0 Å². The highest BCUT2D eigenvalue weighted by atomic mass is 79.9. The molecule has 0 radical (unpaired) electrons. The van der Waals surface area contributed by atoms with E-state index in [1.807, 2.05) is 0 Å². The maximum Gasteiger partial charge on any atom is 0.208 e. The minimum atomic E-state index is -0.676. The van der Waals surface area contributed by atoms with Crippen LogP contribution in [0.4, 0.5) is 8.78 Å². The molecular formula is C13H11BrF2N2O. The van der Waals surface area contributed by atoms with Crippen molar-refractivity contribution in [3.05, 3.63) is 40.3 Å². The maximum atomic E-state index is 13.8. The number of benzene rings is 1. The fourth-order valence-electron chi connectivity index (χ4n) is 1.80. The van der Waals surface area contributed by atoms with Crippen LogP contribution in [0.5, 0.6) is 0 Å². The summed E-state index contributed by atoms with van der Waals surface area (Å²) in [5.41, 5.74) is -0.187. The zero-order valence-corrected chi connectivity index (χ0v) is 11.5. The highest BCUT2D eigenvalue weighted by molar-refractivity contribution is 9.10. The van der Waals surface area contributed by atoms with Gasteiger partial charge in [-0.15, -0.1) is 0 Å². The van der Waals surface area contributed by atoms with Gasteiger partial charge in [-0.25, -0.2) is 13.8 Å². The molecule has 100 valence electrons. The average molecular weight is 329 g/mol. The molecule has 0 spiro atoms. The lowest BCUT2D eigenvalue weighted by atomic mass is 10.1. The number of nitrogens with zero attached hydrogens (tertiary/aromatic N) is 1. The Morgan fingerprint density at radius 1 is 1.32 bits per heavy atom. The van der Waals surface area contributed by atoms with Gasteiger partial charge in [0, 0.05) is 10.5 Å². The molecule has 0 amide bonds. The van der Waals surface area contributed by atoms with Crippen molar-refractivity contribution in [2.75, 3.05) is 0 Å². The fourth-order valence-corrected chi connectivity index (χ4v) is 2.21. The zero-order valence-electron chi connectivity index (χ0n) is 9.92. The Morgan fingerprint density at radius 3 is 2.63 bits per heavy atom. The largest absolute Gasteiger partial charge is 0.439 e. The topological polar surface area (TPSA) is 38.1 Å². The first-order valence-corrected chi connectivity index (χ1v) is 6.76. The monoisotopic (exact) mass is 328 g/mol. The predicted molar refractivity (Wildman–Crippen MR) is 69.4 cm³/mol. The van der Waals surface area contributed by atoms with E-state index in [2.05, 4.69) is 26.2 Å². The van der Waals surface area contributed by atoms with Gasteiger partial charge in [-0.2, -0.15) is 0 Å². The molecule has 1 aliphatic carbocycles. The lowest BCUT2D eigenvalue weighted by Crippen LogP contribution is -2.15. The summed E-state index contributed by atoms with van der Waals surface area (Å²) < 4.78 is 33.2. The van der Waals surface area contributed by atoms with Crippen molar-refractivity contribution in [1.82, 2.24) is 10.3 Å². The molecule has 3 nitrogen and oxygen atoms in total. The highest BCUT2D eigenvalue weighted by Crippen LogP contribution is 2.29. The summed E-state index contributed by atoms with van der Waals surface area (Å²) in [7, 11) is 0. The molecule has 1 N–H and O–H groups in total. The van der Waals surface area contributed by atoms with Crippen molar-refractivity contribution in [2.24, 2.45) is 0 Å². The lowest BCUT2D eigenvalue weighted by Gasteiger charge is -2.02. The maximum absolute atomic E-state index is 13.8. The third-order valence-corrected chi connectivity index (χ3v) is 3.38. The standard InChI is InChI=1S/C13H11BrF2N2O/c14-7-3-9(15)13(10(16)4-7)11-5-18-12(19-11)6-17-8-1-2-8/h3-5,8,17H,1-2,6H2. The van der Waals surface area contributed by atoms with E-state index in [1.165, 1.54) is 18.3 Å². The van der Waals surface area contributed by atoms with E-state index < -0.39 is 11.6 Å². The number of oxazole rings is 1. The first kappa shape index (κ1) is 12.7. The minimum Gasteiger partial charge on any atom is -0.439 e. The van der Waals surface area contributed by atoms with Gasteiger partial charge in [0.25, 0.3) is 0 Å². The number of hydrogen-bond acceptors (Lipinski definition) is 3. The third-order valence-electron chi connectivity index (χ3n) is 2.93. The van der Waals surface area contributed by atoms with Gasteiger partial charge in [-0.3, -0.25) is 0 Å². The van der Waals surface area contributed by atoms with Gasteiger partial charge in [0.05, 0.1) is 18.3 Å². The second kappa shape index (κ2) is 5.02. The van der Waals surface area contributed by atoms with Crippen molar-refractivity contribution in [3.63, 3.8) is 0 Å². The zero-order chi connectivity index (χ0) is 13.4. The van der Waals surface area contributed by atoms with Crippen molar-refractivity contribution in [3.8, 4) is 11.3 Å². The molecule has 6 heteroatoms. The Hall–Kier alpha value is -1.27. The quantitative estimate of drug-likeness (QED) is 0.931. The Kier molecular flexibility index (Phi) is 3.36. The molecule has 0 atom stereocenters. The van der Waals surface area contributed by atoms with Crippen LogP contribution in [0.25, 0.3) is 11.3 Å². The number of halogens is 3. The molecule has 19 heavy (non-hydrogen) atoms. The van der Waals surface area contributed by atoms with Crippen molar-refractivity contribution in [2.45, 2.75) is 25.4 Å². The number of nitrogens with one attached hydrogen (secondary N) is 1. The van der Waals surface area contributed by atoms with Crippen LogP contribution < -0.4 is 5.32 Å². The molecule has 1 aromatic heterocycles. The van der Waals surface area contributed by atoms with E-state index in [0.717, 1.165) is 12.8 Å². The first-order valence-electron chi connectivity index (χ1n) is 5.96. The van der Waals surface area contributed by atoms with Gasteiger partial charge in [0.15, 0.2) is 5.76 Å². The Balaban J connectivity index is 1.85. The third kappa shape index (κ3) is 2.84. The molecule has 0 unspecified atom stereocenters. The average Bonchev–Trinajstić information content (AvgIpc) is 3.05. The fraction of sp³-hybridized carbons (Fsp3) is 0.308. The van der Waals surface area contributed by atoms with Gasteiger partial charge in [0.1, 0.15) is 11.6 Å². The summed E-state index contributed by atoms with van der Waals surface area (Å²) in [5, 5.41) is 3.22. The smallest absolute Gasteiger partial charge is 0.208 e. The van der Waals surface area contributed by atoms with E-state index in [1.54, 1.807) is 0 Å². The van der Waals surface area contributed by atoms with E-state index in [9.17, 15) is 8.78 Å². The van der Waals surface area contributed by atoms with Crippen LogP contribution in [-0.2, 0) is 6.54 Å². The van der Waals surface area contributed by atoms with E-state index in [4.69, 9.17) is 4.42 Å². The molecular weight excluding hydrogens is 318 g/mol. The summed E-state index contributed by atoms with van der Waals surface area (Å²) in [6.45, 7) is 0.477. The highest BCUT2D eigenvalue weighted by Gasteiger charge is 2.22. The van der Waals surface area contributed by atoms with Crippen LogP contribution in [-0.4, -0.2) is 11.0 Å². The molecule has 1 saturated carbocycles. The molecule has 1 fully saturated rings. The van der Waals surface area contributed by atoms with Gasteiger partial charge >= 0.3 is 0 Å². The summed E-state index contributed by atoms with van der Waals surface area (Å²) in [6.07, 6.45) is 3.66. The Morgan fingerprint density at radius 2 is 2.00 bits per heavy atom. The molecule has 0 aliphatic heterocycles. The van der Waals surface area contributed by atoms with Crippen molar-refractivity contribution < 1.29 is 13.2 Å². The summed E-state index contributed by atoms with van der Waals surface area (Å²) in [4.78, 5) is 4.02. The van der Waals surface area contributed by atoms with Crippen LogP contribution in [0.15, 0.2) is 27.2 Å². The molecule has 1 heterocycles. The summed E-state index contributed by atoms with van der Waals surface area (Å²) in [5.74, 6) is -0.812. The second-order valence-electron chi connectivity index (χ2n) is 4.52. The Labute approximate surface area is 117 Å². The molecule has 3 rings (SSSR count). The first-order chi connectivity index (χ1) is 9.13. The molecule has 0 bridgehead atoms. The number of hydrogen-bond donors (Lipinski definition) is 1. The molecule has 2 aromatic rings. The van der Waals surface area contributed by atoms with Crippen LogP contribution in [0.3, 0.4) is 0 Å². The van der Waals surface area contributed by atoms with Gasteiger partial charge < -0.3 is 9.73 Å². The van der Waals surface area contributed by atoms with Gasteiger partial charge in [-0.05, 0) is 25.0 Å². The molecule has 1 aliphatic rings. The number of rotatable bonds is 4. The Bertz CT molecular complexity index is 587. The van der Waals surface area contributed by atoms with E-state index >= 15 is 0 Å². The van der Waals surface area contributed by atoms with Crippen molar-refractivity contribution >= 4 is 15.9 Å². The van der Waals surface area contributed by atoms with E-state index in [0.29, 0.717) is 23.0 Å². The summed E-state index contributed by atoms with van der Waals surface area (Å²) in [6, 6.07) is 2.92.